The van der Waals surface area contributed by atoms with Gasteiger partial charge in [-0.15, -0.1) is 0 Å². The smallest absolute Gasteiger partial charge is 0.159 e. The second-order valence-corrected chi connectivity index (χ2v) is 10.7. The van der Waals surface area contributed by atoms with Gasteiger partial charge in [0.15, 0.2) is 5.78 Å². The number of hydrogen-bond donors (Lipinski definition) is 1. The number of ketones is 2. The van der Waals surface area contributed by atoms with E-state index in [4.69, 9.17) is 4.74 Å². The van der Waals surface area contributed by atoms with Gasteiger partial charge in [-0.05, 0) is 80.1 Å². The molecule has 4 heteroatoms. The molecule has 1 N–H and O–H groups in total. The van der Waals surface area contributed by atoms with Crippen LogP contribution in [0.1, 0.15) is 71.6 Å². The molecule has 5 aliphatic rings. The number of aliphatic hydroxyl groups excluding tert-OH is 1. The average molecular weight is 387 g/mol. The second-order valence-electron chi connectivity index (χ2n) is 10.7. The Morgan fingerprint density at radius 1 is 1.04 bits per heavy atom. The van der Waals surface area contributed by atoms with E-state index in [0.717, 1.165) is 57.1 Å². The van der Waals surface area contributed by atoms with Gasteiger partial charge in [-0.2, -0.15) is 0 Å². The largest absolute Gasteiger partial charge is 0.393 e. The molecule has 0 aromatic rings. The first-order chi connectivity index (χ1) is 13.3. The molecule has 1 saturated heterocycles. The molecule has 0 radical (unpaired) electrons. The molecule has 5 rings (SSSR count). The maximum Gasteiger partial charge on any atom is 0.159 e. The van der Waals surface area contributed by atoms with E-state index in [1.165, 1.54) is 0 Å². The van der Waals surface area contributed by atoms with Crippen molar-refractivity contribution in [2.45, 2.75) is 83.8 Å². The molecule has 3 saturated carbocycles. The van der Waals surface area contributed by atoms with Gasteiger partial charge in [-0.1, -0.05) is 19.4 Å². The number of hydrogen-bond acceptors (Lipinski definition) is 4. The van der Waals surface area contributed by atoms with Crippen LogP contribution in [0, 0.1) is 34.5 Å². The monoisotopic (exact) mass is 386 g/mol. The van der Waals surface area contributed by atoms with E-state index in [-0.39, 0.29) is 46.6 Å². The zero-order valence-corrected chi connectivity index (χ0v) is 17.3. The number of aliphatic hydroxyl groups is 1. The predicted octanol–water partition coefficient (Wildman–Crippen LogP) is 3.85. The molecular formula is C24H34O4. The van der Waals surface area contributed by atoms with Crippen molar-refractivity contribution in [3.63, 3.8) is 0 Å². The van der Waals surface area contributed by atoms with E-state index in [1.807, 2.05) is 6.08 Å². The molecule has 4 fully saturated rings. The number of fused-ring (bicyclic) bond motifs is 5. The van der Waals surface area contributed by atoms with Crippen molar-refractivity contribution in [3.05, 3.63) is 11.6 Å². The number of allylic oxidation sites excluding steroid dienone is 1. The highest BCUT2D eigenvalue weighted by Crippen LogP contribution is 2.65. The van der Waals surface area contributed by atoms with E-state index < -0.39 is 0 Å². The molecular weight excluding hydrogens is 352 g/mol. The van der Waals surface area contributed by atoms with Crippen molar-refractivity contribution in [1.82, 2.24) is 0 Å². The van der Waals surface area contributed by atoms with Crippen LogP contribution in [0.15, 0.2) is 11.6 Å². The Hall–Kier alpha value is -1.00. The Morgan fingerprint density at radius 2 is 1.86 bits per heavy atom. The van der Waals surface area contributed by atoms with E-state index in [1.54, 1.807) is 0 Å². The van der Waals surface area contributed by atoms with Gasteiger partial charge in [0.1, 0.15) is 5.78 Å². The van der Waals surface area contributed by atoms with E-state index in [2.05, 4.69) is 13.8 Å². The highest BCUT2D eigenvalue weighted by molar-refractivity contribution is 5.96. The van der Waals surface area contributed by atoms with Gasteiger partial charge in [0.25, 0.3) is 0 Å². The molecule has 0 aromatic heterocycles. The molecule has 0 aromatic carbocycles. The van der Waals surface area contributed by atoms with Crippen LogP contribution in [0.4, 0.5) is 0 Å². The maximum absolute atomic E-state index is 13.3. The van der Waals surface area contributed by atoms with Gasteiger partial charge in [-0.3, -0.25) is 9.59 Å². The molecule has 0 spiro atoms. The minimum absolute atomic E-state index is 0.0155. The van der Waals surface area contributed by atoms with Crippen LogP contribution in [0.3, 0.4) is 0 Å². The Kier molecular flexibility index (Phi) is 4.41. The normalized spacial score (nSPS) is 51.2. The fraction of sp³-hybridized carbons (Fsp3) is 0.833. The van der Waals surface area contributed by atoms with Crippen LogP contribution in [-0.2, 0) is 14.3 Å². The maximum atomic E-state index is 13.3. The second kappa shape index (κ2) is 6.50. The van der Waals surface area contributed by atoms with Gasteiger partial charge in [0, 0.05) is 24.9 Å². The number of Topliss-reactive ketones (excluding diaryl/α,β-unsaturated/α-hetero) is 1. The summed E-state index contributed by atoms with van der Waals surface area (Å²) in [6.07, 6.45) is 9.86. The van der Waals surface area contributed by atoms with E-state index in [0.29, 0.717) is 24.5 Å². The minimum atomic E-state index is -0.307. The third-order valence-electron chi connectivity index (χ3n) is 9.42. The number of rotatable bonds is 1. The van der Waals surface area contributed by atoms with Crippen LogP contribution in [0.5, 0.6) is 0 Å². The number of ether oxygens (including phenoxy) is 1. The summed E-state index contributed by atoms with van der Waals surface area (Å²) in [5, 5.41) is 10.1. The molecule has 0 amide bonds. The van der Waals surface area contributed by atoms with Gasteiger partial charge < -0.3 is 9.84 Å². The average Bonchev–Trinajstić information content (AvgIpc) is 2.94. The van der Waals surface area contributed by atoms with Crippen LogP contribution >= 0.6 is 0 Å². The topological polar surface area (TPSA) is 63.6 Å². The first kappa shape index (κ1) is 19.0. The molecule has 154 valence electrons. The van der Waals surface area contributed by atoms with Crippen molar-refractivity contribution in [2.24, 2.45) is 34.5 Å². The highest BCUT2D eigenvalue weighted by Gasteiger charge is 2.64. The standard InChI is InChI=1S/C24H34O4/c1-23-8-6-15(25)11-14(23)12-18(26)21-16(23)7-9-24(2)17(21)13-19(27)22(24)20-5-3-4-10-28-20/h12,15-17,20-22,25H,3-11,13H2,1-2H3/t15-,16?,17?,20?,21?,22+,23-,24-/m0/s1. The summed E-state index contributed by atoms with van der Waals surface area (Å²) in [6, 6.07) is 0. The summed E-state index contributed by atoms with van der Waals surface area (Å²) in [5.41, 5.74) is 1.07. The van der Waals surface area contributed by atoms with E-state index >= 15 is 0 Å². The third kappa shape index (κ3) is 2.56. The Morgan fingerprint density at radius 3 is 2.61 bits per heavy atom. The first-order valence-electron chi connectivity index (χ1n) is 11.4. The molecule has 8 atom stereocenters. The summed E-state index contributed by atoms with van der Waals surface area (Å²) in [5.74, 6) is 0.984. The summed E-state index contributed by atoms with van der Waals surface area (Å²) < 4.78 is 6.08. The van der Waals surface area contributed by atoms with E-state index in [9.17, 15) is 14.7 Å². The molecule has 0 bridgehead atoms. The van der Waals surface area contributed by atoms with Gasteiger partial charge in [-0.25, -0.2) is 0 Å². The summed E-state index contributed by atoms with van der Waals surface area (Å²) in [4.78, 5) is 26.5. The fourth-order valence-corrected chi connectivity index (χ4v) is 7.88. The molecule has 4 aliphatic carbocycles. The molecule has 4 nitrogen and oxygen atoms in total. The lowest BCUT2D eigenvalue weighted by molar-refractivity contribution is -0.142. The SMILES string of the molecule is C[C@]12CC[C@H](O)CC1=CC(=O)C1C2CC[C@@]2(C)C1CC(=O)[C@@H]2C1CCCCO1. The highest BCUT2D eigenvalue weighted by atomic mass is 16.5. The quantitative estimate of drug-likeness (QED) is 0.743. The van der Waals surface area contributed by atoms with Crippen LogP contribution in [-0.4, -0.2) is 35.5 Å². The summed E-state index contributed by atoms with van der Waals surface area (Å²) in [7, 11) is 0. The lowest BCUT2D eigenvalue weighted by Crippen LogP contribution is -2.54. The fourth-order valence-electron chi connectivity index (χ4n) is 7.88. The first-order valence-corrected chi connectivity index (χ1v) is 11.4. The van der Waals surface area contributed by atoms with Crippen molar-refractivity contribution >= 4 is 11.6 Å². The zero-order valence-electron chi connectivity index (χ0n) is 17.3. The van der Waals surface area contributed by atoms with Crippen LogP contribution in [0.25, 0.3) is 0 Å². The summed E-state index contributed by atoms with van der Waals surface area (Å²) >= 11 is 0. The molecule has 28 heavy (non-hydrogen) atoms. The lowest BCUT2D eigenvalue weighted by atomic mass is 9.47. The van der Waals surface area contributed by atoms with Gasteiger partial charge in [0.2, 0.25) is 0 Å². The molecule has 1 heterocycles. The Bertz CT molecular complexity index is 720. The van der Waals surface area contributed by atoms with Crippen LogP contribution < -0.4 is 0 Å². The van der Waals surface area contributed by atoms with Crippen molar-refractivity contribution in [1.29, 1.82) is 0 Å². The Labute approximate surface area is 168 Å². The molecule has 1 aliphatic heterocycles. The molecule has 4 unspecified atom stereocenters. The Balaban J connectivity index is 1.50. The van der Waals surface area contributed by atoms with Crippen molar-refractivity contribution < 1.29 is 19.4 Å². The predicted molar refractivity (Wildman–Crippen MR) is 106 cm³/mol. The third-order valence-corrected chi connectivity index (χ3v) is 9.42. The zero-order chi connectivity index (χ0) is 19.7. The van der Waals surface area contributed by atoms with Crippen molar-refractivity contribution in [2.75, 3.05) is 6.61 Å². The van der Waals surface area contributed by atoms with Crippen molar-refractivity contribution in [3.8, 4) is 0 Å². The number of carbonyl (C=O) groups is 2. The lowest BCUT2D eigenvalue weighted by Gasteiger charge is -2.57. The van der Waals surface area contributed by atoms with Gasteiger partial charge >= 0.3 is 0 Å². The van der Waals surface area contributed by atoms with Gasteiger partial charge in [0.05, 0.1) is 12.2 Å². The van der Waals surface area contributed by atoms with Crippen LogP contribution in [0.2, 0.25) is 0 Å². The summed E-state index contributed by atoms with van der Waals surface area (Å²) in [6.45, 7) is 5.36. The number of carbonyl (C=O) groups excluding carboxylic acids is 2. The minimum Gasteiger partial charge on any atom is -0.393 e.